The van der Waals surface area contributed by atoms with E-state index in [9.17, 15) is 4.79 Å². The number of nitrogens with one attached hydrogen (secondary N) is 2. The third-order valence-corrected chi connectivity index (χ3v) is 5.90. The van der Waals surface area contributed by atoms with Crippen molar-refractivity contribution in [1.29, 1.82) is 0 Å². The summed E-state index contributed by atoms with van der Waals surface area (Å²) in [6, 6.07) is 7.17. The molecule has 0 saturated carbocycles. The molecule has 27 heavy (non-hydrogen) atoms. The van der Waals surface area contributed by atoms with Gasteiger partial charge in [-0.3, -0.25) is 4.79 Å². The number of benzene rings is 1. The highest BCUT2D eigenvalue weighted by molar-refractivity contribution is 8.01. The highest BCUT2D eigenvalue weighted by Crippen LogP contribution is 2.31. The van der Waals surface area contributed by atoms with Gasteiger partial charge in [-0.05, 0) is 30.7 Å². The fourth-order valence-corrected chi connectivity index (χ4v) is 3.86. The number of thioether (sulfide) groups is 1. The van der Waals surface area contributed by atoms with Crippen molar-refractivity contribution in [3.8, 4) is 5.75 Å². The van der Waals surface area contributed by atoms with Gasteiger partial charge in [0.2, 0.25) is 11.0 Å². The highest BCUT2D eigenvalue weighted by atomic mass is 35.5. The molecule has 3 aromatic rings. The van der Waals surface area contributed by atoms with E-state index in [0.29, 0.717) is 32.5 Å². The van der Waals surface area contributed by atoms with Crippen molar-refractivity contribution in [3.63, 3.8) is 0 Å². The van der Waals surface area contributed by atoms with Gasteiger partial charge in [0.25, 0.3) is 0 Å². The summed E-state index contributed by atoms with van der Waals surface area (Å²) in [6.45, 7) is 2.40. The Hall–Kier alpha value is -2.23. The second kappa shape index (κ2) is 9.12. The first kappa shape index (κ1) is 19.5. The molecular formula is C17H17ClN4O3S2. The van der Waals surface area contributed by atoms with Crippen molar-refractivity contribution in [2.24, 2.45) is 0 Å². The van der Waals surface area contributed by atoms with Gasteiger partial charge in [-0.15, -0.1) is 10.2 Å². The van der Waals surface area contributed by atoms with Crippen LogP contribution in [0.3, 0.4) is 0 Å². The van der Waals surface area contributed by atoms with Crippen molar-refractivity contribution in [2.45, 2.75) is 17.8 Å². The average molecular weight is 425 g/mol. The summed E-state index contributed by atoms with van der Waals surface area (Å²) < 4.78 is 11.2. The monoisotopic (exact) mass is 424 g/mol. The van der Waals surface area contributed by atoms with E-state index in [1.807, 2.05) is 19.1 Å². The number of ether oxygens (including phenoxy) is 1. The van der Waals surface area contributed by atoms with Crippen molar-refractivity contribution in [3.05, 3.63) is 46.9 Å². The maximum Gasteiger partial charge on any atom is 0.234 e. The highest BCUT2D eigenvalue weighted by Gasteiger charge is 2.12. The van der Waals surface area contributed by atoms with Gasteiger partial charge >= 0.3 is 0 Å². The van der Waals surface area contributed by atoms with Crippen LogP contribution in [0.15, 0.2) is 39.3 Å². The molecule has 142 valence electrons. The van der Waals surface area contributed by atoms with Crippen LogP contribution in [-0.4, -0.2) is 29.0 Å². The number of rotatable bonds is 8. The van der Waals surface area contributed by atoms with Gasteiger partial charge in [0.15, 0.2) is 4.34 Å². The van der Waals surface area contributed by atoms with E-state index < -0.39 is 0 Å². The Balaban J connectivity index is 1.51. The number of halogens is 1. The maximum absolute atomic E-state index is 12.2. The molecule has 0 radical (unpaired) electrons. The van der Waals surface area contributed by atoms with Gasteiger partial charge in [-0.2, -0.15) is 0 Å². The Morgan fingerprint density at radius 1 is 1.41 bits per heavy atom. The SMILES string of the molecule is COc1cc(Cl)c(C)cc1NC(=O)CSc1nnc(NCc2ccco2)s1. The first-order valence-corrected chi connectivity index (χ1v) is 10.1. The predicted molar refractivity (Wildman–Crippen MR) is 108 cm³/mol. The van der Waals surface area contributed by atoms with E-state index in [0.717, 1.165) is 11.3 Å². The summed E-state index contributed by atoms with van der Waals surface area (Å²) in [5.74, 6) is 1.37. The van der Waals surface area contributed by atoms with Gasteiger partial charge < -0.3 is 19.8 Å². The van der Waals surface area contributed by atoms with Crippen LogP contribution in [0.1, 0.15) is 11.3 Å². The molecule has 0 unspecified atom stereocenters. The van der Waals surface area contributed by atoms with Gasteiger partial charge in [0.05, 0.1) is 31.4 Å². The average Bonchev–Trinajstić information content (AvgIpc) is 3.32. The largest absolute Gasteiger partial charge is 0.495 e. The van der Waals surface area contributed by atoms with E-state index in [-0.39, 0.29) is 11.7 Å². The zero-order chi connectivity index (χ0) is 19.2. The lowest BCUT2D eigenvalue weighted by Gasteiger charge is -2.11. The molecule has 0 aliphatic rings. The first-order valence-electron chi connectivity index (χ1n) is 7.91. The Kier molecular flexibility index (Phi) is 6.59. The molecule has 2 heterocycles. The smallest absolute Gasteiger partial charge is 0.234 e. The van der Waals surface area contributed by atoms with Gasteiger partial charge in [0.1, 0.15) is 11.5 Å². The molecule has 10 heteroatoms. The number of aryl methyl sites for hydroxylation is 1. The summed E-state index contributed by atoms with van der Waals surface area (Å²) in [5, 5.41) is 15.3. The molecule has 1 amide bonds. The molecule has 0 atom stereocenters. The number of anilines is 2. The molecule has 2 aromatic heterocycles. The molecule has 0 fully saturated rings. The number of nitrogens with zero attached hydrogens (tertiary/aromatic N) is 2. The molecule has 2 N–H and O–H groups in total. The number of amides is 1. The van der Waals surface area contributed by atoms with Gasteiger partial charge in [-0.1, -0.05) is 34.7 Å². The summed E-state index contributed by atoms with van der Waals surface area (Å²) in [5.41, 5.74) is 1.44. The second-order valence-corrected chi connectivity index (χ2v) is 8.05. The number of methoxy groups -OCH3 is 1. The van der Waals surface area contributed by atoms with Crippen LogP contribution in [0.4, 0.5) is 10.8 Å². The van der Waals surface area contributed by atoms with Crippen LogP contribution >= 0.6 is 34.7 Å². The minimum atomic E-state index is -0.166. The minimum Gasteiger partial charge on any atom is -0.495 e. The minimum absolute atomic E-state index is 0.166. The number of hydrogen-bond donors (Lipinski definition) is 2. The van der Waals surface area contributed by atoms with Crippen molar-refractivity contribution in [2.75, 3.05) is 23.5 Å². The molecular weight excluding hydrogens is 408 g/mol. The van der Waals surface area contributed by atoms with E-state index in [1.165, 1.54) is 30.2 Å². The zero-order valence-corrected chi connectivity index (χ0v) is 17.0. The molecule has 7 nitrogen and oxygen atoms in total. The lowest BCUT2D eigenvalue weighted by Crippen LogP contribution is -2.14. The Morgan fingerprint density at radius 2 is 2.26 bits per heavy atom. The molecule has 0 spiro atoms. The topological polar surface area (TPSA) is 89.3 Å². The number of aromatic nitrogens is 2. The number of carbonyl (C=O) groups is 1. The lowest BCUT2D eigenvalue weighted by molar-refractivity contribution is -0.113. The third-order valence-electron chi connectivity index (χ3n) is 3.48. The van der Waals surface area contributed by atoms with Crippen molar-refractivity contribution >= 4 is 51.4 Å². The maximum atomic E-state index is 12.2. The Bertz CT molecular complexity index is 915. The normalized spacial score (nSPS) is 10.6. The van der Waals surface area contributed by atoms with Crippen LogP contribution in [0.2, 0.25) is 5.02 Å². The molecule has 0 saturated heterocycles. The van der Waals surface area contributed by atoms with E-state index in [4.69, 9.17) is 20.8 Å². The fraction of sp³-hybridized carbons (Fsp3) is 0.235. The van der Waals surface area contributed by atoms with Crippen LogP contribution in [0.5, 0.6) is 5.75 Å². The molecule has 3 rings (SSSR count). The number of furan rings is 1. The summed E-state index contributed by atoms with van der Waals surface area (Å²) >= 11 is 8.78. The Morgan fingerprint density at radius 3 is 3.00 bits per heavy atom. The van der Waals surface area contributed by atoms with Gasteiger partial charge in [0, 0.05) is 11.1 Å². The number of hydrogen-bond acceptors (Lipinski definition) is 8. The van der Waals surface area contributed by atoms with Crippen LogP contribution in [0, 0.1) is 6.92 Å². The second-order valence-electron chi connectivity index (χ2n) is 5.44. The first-order chi connectivity index (χ1) is 13.0. The van der Waals surface area contributed by atoms with Crippen molar-refractivity contribution < 1.29 is 13.9 Å². The zero-order valence-electron chi connectivity index (χ0n) is 14.6. The fourth-order valence-electron chi connectivity index (χ4n) is 2.16. The number of carbonyl (C=O) groups excluding carboxylic acids is 1. The molecule has 1 aromatic carbocycles. The van der Waals surface area contributed by atoms with Crippen LogP contribution in [-0.2, 0) is 11.3 Å². The Labute approximate surface area is 169 Å². The van der Waals surface area contributed by atoms with Crippen LogP contribution in [0.25, 0.3) is 0 Å². The third kappa shape index (κ3) is 5.38. The molecule has 0 aliphatic heterocycles. The summed E-state index contributed by atoms with van der Waals surface area (Å²) in [6.07, 6.45) is 1.62. The lowest BCUT2D eigenvalue weighted by atomic mass is 10.2. The predicted octanol–water partition coefficient (Wildman–Crippen LogP) is 4.44. The van der Waals surface area contributed by atoms with E-state index in [1.54, 1.807) is 18.4 Å². The standard InChI is InChI=1S/C17H17ClN4O3S2/c1-10-6-13(14(24-2)7-12(10)18)20-15(23)9-26-17-22-21-16(27-17)19-8-11-4-3-5-25-11/h3-7H,8-9H2,1-2H3,(H,19,21)(H,20,23). The quantitative estimate of drug-likeness (QED) is 0.516. The molecule has 0 aliphatic carbocycles. The van der Waals surface area contributed by atoms with Crippen LogP contribution < -0.4 is 15.4 Å². The van der Waals surface area contributed by atoms with E-state index >= 15 is 0 Å². The van der Waals surface area contributed by atoms with E-state index in [2.05, 4.69) is 20.8 Å². The van der Waals surface area contributed by atoms with Crippen molar-refractivity contribution in [1.82, 2.24) is 10.2 Å². The summed E-state index contributed by atoms with van der Waals surface area (Å²) in [7, 11) is 1.53. The molecule has 0 bridgehead atoms. The summed E-state index contributed by atoms with van der Waals surface area (Å²) in [4.78, 5) is 12.2. The van der Waals surface area contributed by atoms with Gasteiger partial charge in [-0.25, -0.2) is 0 Å².